The maximum atomic E-state index is 12.9. The Kier molecular flexibility index (Phi) is 4.46. The Morgan fingerprint density at radius 3 is 2.67 bits per heavy atom. The molecule has 4 rings (SSSR count). The second kappa shape index (κ2) is 6.73. The smallest absolute Gasteiger partial charge is 0.254 e. The fourth-order valence-corrected chi connectivity index (χ4v) is 3.93. The van der Waals surface area contributed by atoms with E-state index in [1.54, 1.807) is 7.11 Å². The van der Waals surface area contributed by atoms with E-state index in [1.807, 2.05) is 17.0 Å². The van der Waals surface area contributed by atoms with Crippen molar-refractivity contribution in [2.24, 2.45) is 0 Å². The summed E-state index contributed by atoms with van der Waals surface area (Å²) in [7, 11) is 1.69. The van der Waals surface area contributed by atoms with Gasteiger partial charge >= 0.3 is 0 Å². The van der Waals surface area contributed by atoms with E-state index in [4.69, 9.17) is 9.47 Å². The van der Waals surface area contributed by atoms with Crippen LogP contribution in [-0.4, -0.2) is 68.3 Å². The van der Waals surface area contributed by atoms with Gasteiger partial charge in [0.2, 0.25) is 0 Å². The zero-order valence-electron chi connectivity index (χ0n) is 14.4. The van der Waals surface area contributed by atoms with E-state index in [9.17, 15) is 4.79 Å². The van der Waals surface area contributed by atoms with Gasteiger partial charge in [0.1, 0.15) is 5.75 Å². The lowest BCUT2D eigenvalue weighted by Gasteiger charge is -2.32. The van der Waals surface area contributed by atoms with Gasteiger partial charge in [0.25, 0.3) is 5.91 Å². The zero-order valence-corrected chi connectivity index (χ0v) is 14.4. The molecule has 1 aromatic rings. The summed E-state index contributed by atoms with van der Waals surface area (Å²) in [5.74, 6) is 1.63. The van der Waals surface area contributed by atoms with E-state index in [2.05, 4.69) is 11.0 Å². The third kappa shape index (κ3) is 3.15. The molecule has 0 N–H and O–H groups in total. The molecule has 1 atom stereocenters. The van der Waals surface area contributed by atoms with Crippen LogP contribution < -0.4 is 4.74 Å². The van der Waals surface area contributed by atoms with Gasteiger partial charge in [-0.2, -0.15) is 0 Å². The van der Waals surface area contributed by atoms with E-state index in [0.29, 0.717) is 12.0 Å². The first kappa shape index (κ1) is 15.9. The van der Waals surface area contributed by atoms with Gasteiger partial charge in [0.05, 0.1) is 20.3 Å². The van der Waals surface area contributed by atoms with Gasteiger partial charge in [-0.05, 0) is 42.9 Å². The number of morpholine rings is 1. The van der Waals surface area contributed by atoms with Crippen LogP contribution in [0.5, 0.6) is 5.75 Å². The number of methoxy groups -OCH3 is 1. The topological polar surface area (TPSA) is 42.0 Å². The minimum absolute atomic E-state index is 0.131. The van der Waals surface area contributed by atoms with Crippen LogP contribution in [0.4, 0.5) is 0 Å². The van der Waals surface area contributed by atoms with Crippen LogP contribution in [0.1, 0.15) is 41.1 Å². The molecule has 0 spiro atoms. The summed E-state index contributed by atoms with van der Waals surface area (Å²) >= 11 is 0. The van der Waals surface area contributed by atoms with Crippen molar-refractivity contribution in [3.05, 3.63) is 29.3 Å². The predicted molar refractivity (Wildman–Crippen MR) is 91.7 cm³/mol. The quantitative estimate of drug-likeness (QED) is 0.848. The SMILES string of the molecule is COc1cc(C(=O)N2CCC(N3CCOCC3)C2)ccc1C1CC1. The summed E-state index contributed by atoms with van der Waals surface area (Å²) in [4.78, 5) is 17.3. The number of likely N-dealkylation sites (tertiary alicyclic amines) is 1. The number of rotatable bonds is 4. The van der Waals surface area contributed by atoms with E-state index in [1.165, 1.54) is 18.4 Å². The van der Waals surface area contributed by atoms with E-state index in [0.717, 1.165) is 57.1 Å². The number of nitrogens with zero attached hydrogens (tertiary/aromatic N) is 2. The number of carbonyl (C=O) groups excluding carboxylic acids is 1. The Labute approximate surface area is 143 Å². The van der Waals surface area contributed by atoms with Crippen molar-refractivity contribution in [3.8, 4) is 5.75 Å². The first-order valence-electron chi connectivity index (χ1n) is 9.05. The largest absolute Gasteiger partial charge is 0.496 e. The van der Waals surface area contributed by atoms with Crippen LogP contribution in [0, 0.1) is 0 Å². The number of hydrogen-bond donors (Lipinski definition) is 0. The van der Waals surface area contributed by atoms with Crippen LogP contribution >= 0.6 is 0 Å². The molecule has 0 bridgehead atoms. The fourth-order valence-electron chi connectivity index (χ4n) is 3.93. The summed E-state index contributed by atoms with van der Waals surface area (Å²) in [6, 6.07) is 6.46. The summed E-state index contributed by atoms with van der Waals surface area (Å²) in [6.07, 6.45) is 3.52. The highest BCUT2D eigenvalue weighted by Gasteiger charge is 2.32. The standard InChI is InChI=1S/C19H26N2O3/c1-23-18-12-15(4-5-17(18)14-2-3-14)19(22)21-7-6-16(13-21)20-8-10-24-11-9-20/h4-5,12,14,16H,2-3,6-11,13H2,1H3. The number of ether oxygens (including phenoxy) is 2. The molecule has 5 heteroatoms. The molecule has 130 valence electrons. The maximum Gasteiger partial charge on any atom is 0.254 e. The van der Waals surface area contributed by atoms with Gasteiger partial charge in [-0.15, -0.1) is 0 Å². The van der Waals surface area contributed by atoms with Crippen molar-refractivity contribution in [1.29, 1.82) is 0 Å². The summed E-state index contributed by atoms with van der Waals surface area (Å²) < 4.78 is 11.0. The van der Waals surface area contributed by atoms with Crippen LogP contribution in [0.25, 0.3) is 0 Å². The first-order valence-corrected chi connectivity index (χ1v) is 9.05. The number of carbonyl (C=O) groups is 1. The number of hydrogen-bond acceptors (Lipinski definition) is 4. The van der Waals surface area contributed by atoms with Gasteiger partial charge in [-0.25, -0.2) is 0 Å². The highest BCUT2D eigenvalue weighted by Crippen LogP contribution is 2.44. The van der Waals surface area contributed by atoms with Gasteiger partial charge < -0.3 is 14.4 Å². The van der Waals surface area contributed by atoms with Gasteiger partial charge in [-0.1, -0.05) is 6.07 Å². The number of amides is 1. The molecule has 1 aromatic carbocycles. The summed E-state index contributed by atoms with van der Waals surface area (Å²) in [5.41, 5.74) is 2.00. The third-order valence-electron chi connectivity index (χ3n) is 5.51. The van der Waals surface area contributed by atoms with Crippen molar-refractivity contribution in [2.75, 3.05) is 46.5 Å². The predicted octanol–water partition coefficient (Wildman–Crippen LogP) is 2.12. The lowest BCUT2D eigenvalue weighted by molar-refractivity contribution is 0.0185. The molecule has 3 aliphatic rings. The molecule has 3 fully saturated rings. The highest BCUT2D eigenvalue weighted by molar-refractivity contribution is 5.95. The first-order chi connectivity index (χ1) is 11.8. The average molecular weight is 330 g/mol. The second-order valence-electron chi connectivity index (χ2n) is 7.07. The number of benzene rings is 1. The third-order valence-corrected chi connectivity index (χ3v) is 5.51. The summed E-state index contributed by atoms with van der Waals surface area (Å²) in [5, 5.41) is 0. The van der Waals surface area contributed by atoms with Crippen molar-refractivity contribution < 1.29 is 14.3 Å². The molecule has 1 unspecified atom stereocenters. The van der Waals surface area contributed by atoms with Gasteiger partial charge in [-0.3, -0.25) is 9.69 Å². The van der Waals surface area contributed by atoms with Gasteiger partial charge in [0, 0.05) is 37.8 Å². The average Bonchev–Trinajstić information content (AvgIpc) is 3.37. The van der Waals surface area contributed by atoms with Crippen molar-refractivity contribution >= 4 is 5.91 Å². The van der Waals surface area contributed by atoms with Crippen molar-refractivity contribution in [1.82, 2.24) is 9.80 Å². The molecule has 0 radical (unpaired) electrons. The highest BCUT2D eigenvalue weighted by atomic mass is 16.5. The van der Waals surface area contributed by atoms with Crippen molar-refractivity contribution in [3.63, 3.8) is 0 Å². The van der Waals surface area contributed by atoms with Gasteiger partial charge in [0.15, 0.2) is 0 Å². The molecular formula is C19H26N2O3. The molecule has 5 nitrogen and oxygen atoms in total. The van der Waals surface area contributed by atoms with Crippen LogP contribution in [0.15, 0.2) is 18.2 Å². The zero-order chi connectivity index (χ0) is 16.5. The molecule has 2 heterocycles. The van der Waals surface area contributed by atoms with Crippen molar-refractivity contribution in [2.45, 2.75) is 31.2 Å². The maximum absolute atomic E-state index is 12.9. The van der Waals surface area contributed by atoms with Crippen LogP contribution in [-0.2, 0) is 4.74 Å². The molecular weight excluding hydrogens is 304 g/mol. The van der Waals surface area contributed by atoms with E-state index in [-0.39, 0.29) is 5.91 Å². The normalized spacial score (nSPS) is 25.0. The molecule has 1 aliphatic carbocycles. The Morgan fingerprint density at radius 1 is 1.17 bits per heavy atom. The van der Waals surface area contributed by atoms with Crippen LogP contribution in [0.3, 0.4) is 0 Å². The van der Waals surface area contributed by atoms with Crippen LogP contribution in [0.2, 0.25) is 0 Å². The molecule has 24 heavy (non-hydrogen) atoms. The van der Waals surface area contributed by atoms with E-state index < -0.39 is 0 Å². The molecule has 1 saturated carbocycles. The lowest BCUT2D eigenvalue weighted by atomic mass is 10.1. The monoisotopic (exact) mass is 330 g/mol. The minimum atomic E-state index is 0.131. The molecule has 0 aromatic heterocycles. The Bertz CT molecular complexity index is 609. The summed E-state index contributed by atoms with van der Waals surface area (Å²) in [6.45, 7) is 5.25. The molecule has 2 aliphatic heterocycles. The Hall–Kier alpha value is -1.59. The Morgan fingerprint density at radius 2 is 1.96 bits per heavy atom. The molecule has 2 saturated heterocycles. The Balaban J connectivity index is 1.44. The lowest BCUT2D eigenvalue weighted by Crippen LogP contribution is -2.45. The minimum Gasteiger partial charge on any atom is -0.496 e. The van der Waals surface area contributed by atoms with E-state index >= 15 is 0 Å². The second-order valence-corrected chi connectivity index (χ2v) is 7.07. The fraction of sp³-hybridized carbons (Fsp3) is 0.632. The molecule has 1 amide bonds.